The van der Waals surface area contributed by atoms with E-state index in [-0.39, 0.29) is 36.7 Å². The van der Waals surface area contributed by atoms with Gasteiger partial charge in [-0.15, -0.1) is 22.7 Å². The number of likely N-dealkylation sites (tertiary alicyclic amines) is 1. The van der Waals surface area contributed by atoms with Crippen LogP contribution < -0.4 is 16.0 Å². The second-order valence-corrected chi connectivity index (χ2v) is 19.8. The maximum absolute atomic E-state index is 13.0. The van der Waals surface area contributed by atoms with Gasteiger partial charge in [-0.3, -0.25) is 20.2 Å². The number of aromatic nitrogens is 4. The lowest BCUT2D eigenvalue weighted by molar-refractivity contribution is -0.0626. The van der Waals surface area contributed by atoms with Crippen LogP contribution >= 0.6 is 22.7 Å². The summed E-state index contributed by atoms with van der Waals surface area (Å²) in [7, 11) is 0. The molecule has 2 aliphatic rings. The van der Waals surface area contributed by atoms with Gasteiger partial charge in [0.05, 0.1) is 23.6 Å². The van der Waals surface area contributed by atoms with E-state index in [4.69, 9.17) is 14.2 Å². The standard InChI is InChI=1S/C28H36N4O4S.C20H30N4O2S/c1-20(2)36-28(3,4)24-19-37-26(29-24)30-25(33)23-11-8-14-32(23)17-21-12-15-31(16-13-21)27(34)35-18-22-9-6-5-7-10-22;1-14(2)26-20(3,4)17-13-27-19(22-17)23-18(25)16-6-5-11-24(16)12-15-7-9-21-10-8-15/h5-11,14,19-21H,12-13,15-18H2,1-4H3,(H,29,30,33);5-6,11,13-15,21H,7-10,12H2,1-4H3,(H,22,23,25). The van der Waals surface area contributed by atoms with Crippen LogP contribution in [0.1, 0.15) is 119 Å². The molecule has 3 N–H and O–H groups in total. The minimum absolute atomic E-state index is 0.0739. The Balaban J connectivity index is 0.000000223. The summed E-state index contributed by atoms with van der Waals surface area (Å²) in [6.07, 6.45) is 7.86. The average Bonchev–Trinajstić information content (AvgIpc) is 4.10. The van der Waals surface area contributed by atoms with Crippen molar-refractivity contribution in [2.75, 3.05) is 36.8 Å². The lowest BCUT2D eigenvalue weighted by Crippen LogP contribution is -2.39. The second-order valence-electron chi connectivity index (χ2n) is 18.1. The number of hydrogen-bond donors (Lipinski definition) is 3. The molecule has 0 radical (unpaired) electrons. The highest BCUT2D eigenvalue weighted by atomic mass is 32.1. The fourth-order valence-electron chi connectivity index (χ4n) is 8.13. The number of amides is 3. The Hall–Kier alpha value is -4.87. The Bertz CT molecular complexity index is 2250. The molecule has 1 aromatic carbocycles. The first-order chi connectivity index (χ1) is 30.6. The number of anilines is 2. The summed E-state index contributed by atoms with van der Waals surface area (Å²) in [5.41, 5.74) is 2.87. The largest absolute Gasteiger partial charge is 0.445 e. The van der Waals surface area contributed by atoms with Crippen LogP contribution in [0.2, 0.25) is 0 Å². The van der Waals surface area contributed by atoms with Crippen molar-refractivity contribution >= 4 is 50.8 Å². The van der Waals surface area contributed by atoms with Crippen molar-refractivity contribution in [3.63, 3.8) is 0 Å². The SMILES string of the molecule is CC(C)OC(C)(C)c1csc(NC(=O)c2cccn2CC2CCN(C(=O)OCc3ccccc3)CC2)n1.CC(C)OC(C)(C)c1csc(NC(=O)c2cccn2CC2CCNCC2)n1. The normalized spacial score (nSPS) is 15.2. The summed E-state index contributed by atoms with van der Waals surface area (Å²) >= 11 is 2.82. The van der Waals surface area contributed by atoms with Gasteiger partial charge in [0.1, 0.15) is 29.2 Å². The van der Waals surface area contributed by atoms with E-state index in [1.807, 2.05) is 138 Å². The number of hydrogen-bond acceptors (Lipinski definition) is 11. The second kappa shape index (κ2) is 22.4. The topological polar surface area (TPSA) is 154 Å². The van der Waals surface area contributed by atoms with E-state index in [0.717, 1.165) is 68.8 Å². The fourth-order valence-corrected chi connectivity index (χ4v) is 9.85. The molecule has 16 heteroatoms. The van der Waals surface area contributed by atoms with E-state index in [1.165, 1.54) is 22.7 Å². The van der Waals surface area contributed by atoms with E-state index in [2.05, 4.69) is 30.5 Å². The molecule has 64 heavy (non-hydrogen) atoms. The number of rotatable bonds is 16. The van der Waals surface area contributed by atoms with Gasteiger partial charge < -0.3 is 33.6 Å². The number of carbonyl (C=O) groups is 3. The molecular weight excluding hydrogens is 849 g/mol. The third-order valence-electron chi connectivity index (χ3n) is 11.3. The first kappa shape index (κ1) is 48.6. The molecule has 0 bridgehead atoms. The molecule has 6 heterocycles. The zero-order valence-electron chi connectivity index (χ0n) is 38.6. The van der Waals surface area contributed by atoms with Crippen molar-refractivity contribution in [1.29, 1.82) is 0 Å². The van der Waals surface area contributed by atoms with Crippen LogP contribution in [0.3, 0.4) is 0 Å². The van der Waals surface area contributed by atoms with Gasteiger partial charge in [0.2, 0.25) is 0 Å². The molecule has 14 nitrogen and oxygen atoms in total. The molecule has 0 aliphatic carbocycles. The lowest BCUT2D eigenvalue weighted by atomic mass is 9.97. The summed E-state index contributed by atoms with van der Waals surface area (Å²) in [5.74, 6) is 0.691. The summed E-state index contributed by atoms with van der Waals surface area (Å²) in [6, 6.07) is 17.2. The van der Waals surface area contributed by atoms with Crippen LogP contribution in [0.4, 0.5) is 15.1 Å². The first-order valence-electron chi connectivity index (χ1n) is 22.4. The number of nitrogens with one attached hydrogen (secondary N) is 3. The summed E-state index contributed by atoms with van der Waals surface area (Å²) < 4.78 is 21.4. The minimum Gasteiger partial charge on any atom is -0.445 e. The number of carbonyl (C=O) groups excluding carboxylic acids is 3. The first-order valence-corrected chi connectivity index (χ1v) is 24.2. The summed E-state index contributed by atoms with van der Waals surface area (Å²) in [4.78, 5) is 49.2. The van der Waals surface area contributed by atoms with E-state index in [0.29, 0.717) is 46.6 Å². The van der Waals surface area contributed by atoms with Crippen molar-refractivity contribution < 1.29 is 28.6 Å². The Kier molecular flexibility index (Phi) is 17.0. The predicted octanol–water partition coefficient (Wildman–Crippen LogP) is 9.76. The third-order valence-corrected chi connectivity index (χ3v) is 12.8. The number of ether oxygens (including phenoxy) is 3. The molecule has 4 aromatic heterocycles. The van der Waals surface area contributed by atoms with Gasteiger partial charge in [0.15, 0.2) is 10.3 Å². The fraction of sp³-hybridized carbons (Fsp3) is 0.521. The minimum atomic E-state index is -0.531. The smallest absolute Gasteiger partial charge is 0.410 e. The molecular formula is C48H66N8O6S2. The molecule has 0 atom stereocenters. The van der Waals surface area contributed by atoms with Gasteiger partial charge >= 0.3 is 6.09 Å². The van der Waals surface area contributed by atoms with Crippen LogP contribution in [0.5, 0.6) is 0 Å². The average molecular weight is 915 g/mol. The molecule has 346 valence electrons. The lowest BCUT2D eigenvalue weighted by Gasteiger charge is -2.31. The van der Waals surface area contributed by atoms with Gasteiger partial charge in [-0.2, -0.15) is 0 Å². The quantitative estimate of drug-likeness (QED) is 0.0878. The highest BCUT2D eigenvalue weighted by Crippen LogP contribution is 2.31. The van der Waals surface area contributed by atoms with Crippen LogP contribution in [-0.4, -0.2) is 80.3 Å². The van der Waals surface area contributed by atoms with Gasteiger partial charge in [0, 0.05) is 49.3 Å². The van der Waals surface area contributed by atoms with Gasteiger partial charge in [0.25, 0.3) is 11.8 Å². The van der Waals surface area contributed by atoms with Crippen molar-refractivity contribution in [2.45, 2.75) is 124 Å². The third kappa shape index (κ3) is 13.8. The zero-order chi connectivity index (χ0) is 45.9. The predicted molar refractivity (Wildman–Crippen MR) is 254 cm³/mol. The van der Waals surface area contributed by atoms with Crippen molar-refractivity contribution in [3.8, 4) is 0 Å². The molecule has 0 unspecified atom stereocenters. The van der Waals surface area contributed by atoms with Crippen LogP contribution in [-0.2, 0) is 45.1 Å². The van der Waals surface area contributed by atoms with Crippen molar-refractivity contribution in [2.24, 2.45) is 11.8 Å². The molecule has 7 rings (SSSR count). The van der Waals surface area contributed by atoms with Crippen LogP contribution in [0.25, 0.3) is 0 Å². The van der Waals surface area contributed by atoms with E-state index < -0.39 is 11.2 Å². The maximum atomic E-state index is 13.0. The highest BCUT2D eigenvalue weighted by Gasteiger charge is 2.29. The molecule has 0 saturated carbocycles. The van der Waals surface area contributed by atoms with Crippen molar-refractivity contribution in [1.82, 2.24) is 29.3 Å². The van der Waals surface area contributed by atoms with Crippen molar-refractivity contribution in [3.05, 3.63) is 106 Å². The monoisotopic (exact) mass is 914 g/mol. The molecule has 3 amide bonds. The molecule has 2 fully saturated rings. The Morgan fingerprint density at radius 3 is 1.64 bits per heavy atom. The summed E-state index contributed by atoms with van der Waals surface area (Å²) in [5, 5.41) is 14.3. The van der Waals surface area contributed by atoms with E-state index >= 15 is 0 Å². The number of piperidine rings is 2. The molecule has 0 spiro atoms. The summed E-state index contributed by atoms with van der Waals surface area (Å²) in [6.45, 7) is 21.3. The van der Waals surface area contributed by atoms with Gasteiger partial charge in [-0.05, 0) is 136 Å². The number of benzene rings is 1. The molecule has 2 aliphatic heterocycles. The number of thiazole rings is 2. The Labute approximate surface area is 386 Å². The Morgan fingerprint density at radius 2 is 1.17 bits per heavy atom. The number of nitrogens with zero attached hydrogens (tertiary/aromatic N) is 5. The van der Waals surface area contributed by atoms with Gasteiger partial charge in [-0.1, -0.05) is 30.3 Å². The van der Waals surface area contributed by atoms with E-state index in [9.17, 15) is 14.4 Å². The van der Waals surface area contributed by atoms with Crippen LogP contribution in [0, 0.1) is 11.8 Å². The van der Waals surface area contributed by atoms with E-state index in [1.54, 1.807) is 4.90 Å². The van der Waals surface area contributed by atoms with Crippen LogP contribution in [0.15, 0.2) is 77.8 Å². The van der Waals surface area contributed by atoms with Gasteiger partial charge in [-0.25, -0.2) is 14.8 Å². The zero-order valence-corrected chi connectivity index (χ0v) is 40.2. The Morgan fingerprint density at radius 1 is 0.703 bits per heavy atom. The highest BCUT2D eigenvalue weighted by molar-refractivity contribution is 7.14. The maximum Gasteiger partial charge on any atom is 0.410 e. The molecule has 5 aromatic rings. The molecule has 2 saturated heterocycles.